The Balaban J connectivity index is 1.57. The predicted octanol–water partition coefficient (Wildman–Crippen LogP) is 6.18. The third-order valence-corrected chi connectivity index (χ3v) is 5.67. The molecule has 1 atom stereocenters. The van der Waals surface area contributed by atoms with Crippen molar-refractivity contribution in [2.24, 2.45) is 5.10 Å². The first-order valence-corrected chi connectivity index (χ1v) is 11.7. The molecule has 174 valence electrons. The lowest BCUT2D eigenvalue weighted by atomic mass is 9.99. The molecule has 0 aliphatic carbocycles. The molecule has 0 saturated carbocycles. The van der Waals surface area contributed by atoms with E-state index in [1.807, 2.05) is 57.2 Å². The molecule has 3 aromatic rings. The lowest BCUT2D eigenvalue weighted by molar-refractivity contribution is 0.0635. The van der Waals surface area contributed by atoms with E-state index in [-0.39, 0.29) is 11.9 Å². The summed E-state index contributed by atoms with van der Waals surface area (Å²) < 4.78 is 6.20. The molecule has 1 aliphatic heterocycles. The molecule has 7 nitrogen and oxygen atoms in total. The number of hydrogen-bond donors (Lipinski definition) is 1. The predicted molar refractivity (Wildman–Crippen MR) is 135 cm³/mol. The molecule has 2 heterocycles. The minimum absolute atomic E-state index is 0.181. The van der Waals surface area contributed by atoms with Gasteiger partial charge < -0.3 is 4.74 Å². The number of halogens is 1. The van der Waals surface area contributed by atoms with Gasteiger partial charge in [0.1, 0.15) is 5.60 Å². The first kappa shape index (κ1) is 23.6. The van der Waals surface area contributed by atoms with Gasteiger partial charge in [-0.1, -0.05) is 34.1 Å². The van der Waals surface area contributed by atoms with E-state index in [1.165, 1.54) is 5.01 Å². The zero-order valence-corrected chi connectivity index (χ0v) is 20.7. The second kappa shape index (κ2) is 9.77. The summed E-state index contributed by atoms with van der Waals surface area (Å²) in [6, 6.07) is 18.1. The second-order valence-electron chi connectivity index (χ2n) is 8.91. The molecule has 8 heteroatoms. The third-order valence-electron chi connectivity index (χ3n) is 5.14. The van der Waals surface area contributed by atoms with Gasteiger partial charge in [0.25, 0.3) is 5.91 Å². The number of anilines is 1. The van der Waals surface area contributed by atoms with Gasteiger partial charge in [-0.15, -0.1) is 0 Å². The van der Waals surface area contributed by atoms with Crippen LogP contribution in [0.5, 0.6) is 0 Å². The maximum Gasteiger partial charge on any atom is 0.412 e. The number of aromatic nitrogens is 1. The largest absolute Gasteiger partial charge is 0.444 e. The fourth-order valence-corrected chi connectivity index (χ4v) is 3.86. The molecule has 1 aromatic heterocycles. The first-order valence-electron chi connectivity index (χ1n) is 10.9. The van der Waals surface area contributed by atoms with Crippen molar-refractivity contribution in [3.8, 4) is 0 Å². The maximum atomic E-state index is 13.3. The van der Waals surface area contributed by atoms with Crippen molar-refractivity contribution in [3.63, 3.8) is 0 Å². The molecule has 34 heavy (non-hydrogen) atoms. The summed E-state index contributed by atoms with van der Waals surface area (Å²) in [5.41, 5.74) is 3.16. The lowest BCUT2D eigenvalue weighted by Crippen LogP contribution is -2.27. The van der Waals surface area contributed by atoms with Crippen molar-refractivity contribution in [1.29, 1.82) is 0 Å². The monoisotopic (exact) mass is 520 g/mol. The number of amides is 2. The van der Waals surface area contributed by atoms with Crippen molar-refractivity contribution < 1.29 is 14.3 Å². The molecule has 0 radical (unpaired) electrons. The Kier molecular flexibility index (Phi) is 6.79. The average molecular weight is 521 g/mol. The number of hydrogen-bond acceptors (Lipinski definition) is 5. The van der Waals surface area contributed by atoms with Crippen molar-refractivity contribution in [2.45, 2.75) is 38.8 Å². The van der Waals surface area contributed by atoms with Crippen molar-refractivity contribution >= 4 is 39.3 Å². The molecule has 2 amide bonds. The number of rotatable bonds is 4. The quantitative estimate of drug-likeness (QED) is 0.444. The van der Waals surface area contributed by atoms with Gasteiger partial charge in [-0.05, 0) is 74.4 Å². The number of nitrogens with one attached hydrogen (secondary N) is 1. The number of ether oxygens (including phenoxy) is 1. The lowest BCUT2D eigenvalue weighted by Gasteiger charge is -2.21. The van der Waals surface area contributed by atoms with Crippen molar-refractivity contribution in [3.05, 3.63) is 94.2 Å². The summed E-state index contributed by atoms with van der Waals surface area (Å²) in [4.78, 5) is 29.6. The minimum atomic E-state index is -0.575. The average Bonchev–Trinajstić information content (AvgIpc) is 3.24. The second-order valence-corrected chi connectivity index (χ2v) is 9.83. The Labute approximate surface area is 207 Å². The summed E-state index contributed by atoms with van der Waals surface area (Å²) >= 11 is 3.41. The Bertz CT molecular complexity index is 1200. The van der Waals surface area contributed by atoms with Gasteiger partial charge in [0.2, 0.25) is 0 Å². The van der Waals surface area contributed by atoms with Gasteiger partial charge >= 0.3 is 6.09 Å². The number of nitrogens with zero attached hydrogens (tertiary/aromatic N) is 3. The highest BCUT2D eigenvalue weighted by Crippen LogP contribution is 2.34. The fourth-order valence-electron chi connectivity index (χ4n) is 3.60. The van der Waals surface area contributed by atoms with Gasteiger partial charge in [-0.3, -0.25) is 15.1 Å². The smallest absolute Gasteiger partial charge is 0.412 e. The molecule has 1 N–H and O–H groups in total. The van der Waals surface area contributed by atoms with Crippen LogP contribution < -0.4 is 5.32 Å². The molecule has 4 rings (SSSR count). The molecule has 2 aromatic carbocycles. The highest BCUT2D eigenvalue weighted by molar-refractivity contribution is 9.10. The van der Waals surface area contributed by atoms with Crippen molar-refractivity contribution in [2.75, 3.05) is 5.32 Å². The molecule has 1 aliphatic rings. The van der Waals surface area contributed by atoms with Crippen LogP contribution in [-0.4, -0.2) is 33.3 Å². The summed E-state index contributed by atoms with van der Waals surface area (Å²) in [7, 11) is 0. The molecular weight excluding hydrogens is 496 g/mol. The van der Waals surface area contributed by atoms with Gasteiger partial charge in [-0.2, -0.15) is 5.10 Å². The SMILES string of the molecule is CC(C)(C)OC(=O)Nc1ccc(C2=NN(C(=O)c3ccc(Br)cc3)C(c3cccnc3)C2)cc1. The zero-order valence-electron chi connectivity index (χ0n) is 19.2. The van der Waals surface area contributed by atoms with E-state index in [1.54, 1.807) is 36.7 Å². The number of carbonyl (C=O) groups excluding carboxylic acids is 2. The highest BCUT2D eigenvalue weighted by Gasteiger charge is 2.33. The van der Waals surface area contributed by atoms with E-state index in [9.17, 15) is 9.59 Å². The third kappa shape index (κ3) is 5.69. The Hall–Kier alpha value is -3.52. The molecule has 0 bridgehead atoms. The van der Waals surface area contributed by atoms with Gasteiger partial charge in [0.05, 0.1) is 11.8 Å². The Morgan fingerprint density at radius 3 is 2.38 bits per heavy atom. The standard InChI is InChI=1S/C26H25BrN4O3/c1-26(2,3)34-25(33)29-21-12-8-17(9-13-21)22-15-23(19-5-4-14-28-16-19)31(30-22)24(32)18-6-10-20(27)11-7-18/h4-14,16,23H,15H2,1-3H3,(H,29,33). The number of benzene rings is 2. The molecule has 1 unspecified atom stereocenters. The van der Waals surface area contributed by atoms with Gasteiger partial charge in [0.15, 0.2) is 0 Å². The van der Waals surface area contributed by atoms with Crippen LogP contribution in [0.3, 0.4) is 0 Å². The van der Waals surface area contributed by atoms with E-state index in [2.05, 4.69) is 26.2 Å². The molecule has 0 spiro atoms. The molecule has 0 fully saturated rings. The first-order chi connectivity index (χ1) is 16.2. The highest BCUT2D eigenvalue weighted by atomic mass is 79.9. The van der Waals surface area contributed by atoms with Gasteiger partial charge in [0, 0.05) is 34.5 Å². The van der Waals surface area contributed by atoms with Crippen LogP contribution >= 0.6 is 15.9 Å². The Morgan fingerprint density at radius 2 is 1.76 bits per heavy atom. The topological polar surface area (TPSA) is 83.9 Å². The van der Waals surface area contributed by atoms with Crippen LogP contribution in [0, 0.1) is 0 Å². The van der Waals surface area contributed by atoms with Crippen LogP contribution in [0.25, 0.3) is 0 Å². The van der Waals surface area contributed by atoms with Gasteiger partial charge in [-0.25, -0.2) is 9.80 Å². The normalized spacial score (nSPS) is 15.6. The van der Waals surface area contributed by atoms with Crippen LogP contribution in [0.1, 0.15) is 54.7 Å². The van der Waals surface area contributed by atoms with Crippen molar-refractivity contribution in [1.82, 2.24) is 9.99 Å². The molecule has 0 saturated heterocycles. The van der Waals surface area contributed by atoms with E-state index < -0.39 is 11.7 Å². The summed E-state index contributed by atoms with van der Waals surface area (Å²) in [5, 5.41) is 8.96. The molecular formula is C26H25BrN4O3. The summed E-state index contributed by atoms with van der Waals surface area (Å²) in [6.45, 7) is 5.44. The van der Waals surface area contributed by atoms with Crippen LogP contribution in [-0.2, 0) is 4.74 Å². The maximum absolute atomic E-state index is 13.3. The summed E-state index contributed by atoms with van der Waals surface area (Å²) in [5.74, 6) is -0.181. The van der Waals surface area contributed by atoms with E-state index in [0.29, 0.717) is 17.7 Å². The van der Waals surface area contributed by atoms with Crippen LogP contribution in [0.4, 0.5) is 10.5 Å². The van der Waals surface area contributed by atoms with E-state index in [0.717, 1.165) is 21.3 Å². The minimum Gasteiger partial charge on any atom is -0.444 e. The van der Waals surface area contributed by atoms with E-state index in [4.69, 9.17) is 9.84 Å². The van der Waals surface area contributed by atoms with E-state index >= 15 is 0 Å². The zero-order chi connectivity index (χ0) is 24.3. The van der Waals surface area contributed by atoms with Crippen LogP contribution in [0.2, 0.25) is 0 Å². The number of hydrazone groups is 1. The number of carbonyl (C=O) groups is 2. The number of pyridine rings is 1. The Morgan fingerprint density at radius 1 is 1.06 bits per heavy atom. The fraction of sp³-hybridized carbons (Fsp3) is 0.231. The van der Waals surface area contributed by atoms with Crippen LogP contribution in [0.15, 0.2) is 82.6 Å². The summed E-state index contributed by atoms with van der Waals surface area (Å²) in [6.07, 6.45) is 3.50.